The Bertz CT molecular complexity index is 749. The Morgan fingerprint density at radius 1 is 1.19 bits per heavy atom. The number of benzene rings is 2. The minimum absolute atomic E-state index is 0.0348. The number of nitrogens with one attached hydrogen (secondary N) is 1. The number of likely N-dealkylation sites (tertiary alicyclic amines) is 1. The summed E-state index contributed by atoms with van der Waals surface area (Å²) < 4.78 is 5.19. The standard InChI is InChI=1S/C19H21N3O4/c23-19(26-18-8-6-17(7-9-18)22(24)25)12-20-16-10-11-21(14-16)13-15-4-2-1-3-5-15/h1-9,16,20H,10-14H2. The van der Waals surface area contributed by atoms with Gasteiger partial charge in [0.05, 0.1) is 11.5 Å². The summed E-state index contributed by atoms with van der Waals surface area (Å²) in [7, 11) is 0. The lowest BCUT2D eigenvalue weighted by atomic mass is 10.2. The van der Waals surface area contributed by atoms with E-state index < -0.39 is 10.9 Å². The fourth-order valence-electron chi connectivity index (χ4n) is 3.02. The van der Waals surface area contributed by atoms with E-state index in [0.29, 0.717) is 5.75 Å². The van der Waals surface area contributed by atoms with Crippen LogP contribution in [0.5, 0.6) is 5.75 Å². The van der Waals surface area contributed by atoms with E-state index in [1.165, 1.54) is 29.8 Å². The summed E-state index contributed by atoms with van der Waals surface area (Å²) in [6.07, 6.45) is 0.984. The Kier molecular flexibility index (Phi) is 5.93. The second kappa shape index (κ2) is 8.55. The minimum Gasteiger partial charge on any atom is -0.426 e. The number of hydrogen-bond acceptors (Lipinski definition) is 6. The van der Waals surface area contributed by atoms with Crippen LogP contribution in [0, 0.1) is 10.1 Å². The quantitative estimate of drug-likeness (QED) is 0.355. The molecule has 0 aromatic heterocycles. The smallest absolute Gasteiger partial charge is 0.325 e. The highest BCUT2D eigenvalue weighted by atomic mass is 16.6. The number of non-ortho nitro benzene ring substituents is 1. The summed E-state index contributed by atoms with van der Waals surface area (Å²) in [5.41, 5.74) is 1.25. The van der Waals surface area contributed by atoms with Crippen LogP contribution in [0.25, 0.3) is 0 Å². The van der Waals surface area contributed by atoms with Gasteiger partial charge in [0, 0.05) is 37.8 Å². The summed E-state index contributed by atoms with van der Waals surface area (Å²) >= 11 is 0. The van der Waals surface area contributed by atoms with Crippen LogP contribution in [0.4, 0.5) is 5.69 Å². The van der Waals surface area contributed by atoms with Crippen molar-refractivity contribution in [2.45, 2.75) is 19.0 Å². The van der Waals surface area contributed by atoms with Crippen molar-refractivity contribution in [3.63, 3.8) is 0 Å². The van der Waals surface area contributed by atoms with Crippen molar-refractivity contribution < 1.29 is 14.5 Å². The monoisotopic (exact) mass is 355 g/mol. The highest BCUT2D eigenvalue weighted by molar-refractivity contribution is 5.74. The van der Waals surface area contributed by atoms with Crippen LogP contribution in [0.1, 0.15) is 12.0 Å². The van der Waals surface area contributed by atoms with Crippen LogP contribution >= 0.6 is 0 Å². The van der Waals surface area contributed by atoms with Gasteiger partial charge in [0.2, 0.25) is 0 Å². The van der Waals surface area contributed by atoms with Crippen LogP contribution in [0.15, 0.2) is 54.6 Å². The van der Waals surface area contributed by atoms with E-state index in [9.17, 15) is 14.9 Å². The topological polar surface area (TPSA) is 84.7 Å². The number of carbonyl (C=O) groups is 1. The first kappa shape index (κ1) is 18.0. The first-order chi connectivity index (χ1) is 12.6. The zero-order valence-electron chi connectivity index (χ0n) is 14.3. The summed E-state index contributed by atoms with van der Waals surface area (Å²) in [4.78, 5) is 24.4. The zero-order valence-corrected chi connectivity index (χ0v) is 14.3. The lowest BCUT2D eigenvalue weighted by molar-refractivity contribution is -0.384. The lowest BCUT2D eigenvalue weighted by Gasteiger charge is -2.16. The minimum atomic E-state index is -0.492. The Morgan fingerprint density at radius 3 is 2.62 bits per heavy atom. The van der Waals surface area contributed by atoms with E-state index in [1.807, 2.05) is 18.2 Å². The largest absolute Gasteiger partial charge is 0.426 e. The Hall–Kier alpha value is -2.77. The first-order valence-electron chi connectivity index (χ1n) is 8.55. The van der Waals surface area contributed by atoms with E-state index in [2.05, 4.69) is 22.3 Å². The maximum absolute atomic E-state index is 11.9. The average molecular weight is 355 g/mol. The van der Waals surface area contributed by atoms with E-state index in [0.717, 1.165) is 26.1 Å². The van der Waals surface area contributed by atoms with Gasteiger partial charge in [-0.25, -0.2) is 0 Å². The SMILES string of the molecule is O=C(CNC1CCN(Cc2ccccc2)C1)Oc1ccc([N+](=O)[O-])cc1. The van der Waals surface area contributed by atoms with E-state index in [4.69, 9.17) is 4.74 Å². The maximum atomic E-state index is 11.9. The molecule has 1 aliphatic rings. The second-order valence-electron chi connectivity index (χ2n) is 6.31. The molecular formula is C19H21N3O4. The number of nitrogens with zero attached hydrogens (tertiary/aromatic N) is 2. The van der Waals surface area contributed by atoms with Gasteiger partial charge in [0.25, 0.3) is 5.69 Å². The average Bonchev–Trinajstić information content (AvgIpc) is 3.09. The molecule has 26 heavy (non-hydrogen) atoms. The lowest BCUT2D eigenvalue weighted by Crippen LogP contribution is -2.37. The molecule has 136 valence electrons. The highest BCUT2D eigenvalue weighted by Crippen LogP contribution is 2.17. The van der Waals surface area contributed by atoms with Crippen LogP contribution in [-0.4, -0.2) is 41.5 Å². The molecule has 0 amide bonds. The molecule has 7 nitrogen and oxygen atoms in total. The highest BCUT2D eigenvalue weighted by Gasteiger charge is 2.22. The van der Waals surface area contributed by atoms with Gasteiger partial charge in [-0.2, -0.15) is 0 Å². The molecule has 1 saturated heterocycles. The Labute approximate surface area is 151 Å². The molecular weight excluding hydrogens is 334 g/mol. The number of ether oxygens (including phenoxy) is 1. The number of hydrogen-bond donors (Lipinski definition) is 1. The summed E-state index contributed by atoms with van der Waals surface area (Å²) in [5.74, 6) is -0.0973. The molecule has 0 aliphatic carbocycles. The van der Waals surface area contributed by atoms with Crippen molar-refractivity contribution in [2.75, 3.05) is 19.6 Å². The number of rotatable bonds is 7. The van der Waals surface area contributed by atoms with Crippen LogP contribution in [-0.2, 0) is 11.3 Å². The second-order valence-corrected chi connectivity index (χ2v) is 6.31. The van der Waals surface area contributed by atoms with Gasteiger partial charge in [0.15, 0.2) is 0 Å². The molecule has 1 N–H and O–H groups in total. The van der Waals surface area contributed by atoms with Crippen molar-refractivity contribution in [3.8, 4) is 5.75 Å². The van der Waals surface area contributed by atoms with Crippen LogP contribution < -0.4 is 10.1 Å². The fraction of sp³-hybridized carbons (Fsp3) is 0.316. The third kappa shape index (κ3) is 5.11. The molecule has 1 unspecified atom stereocenters. The zero-order chi connectivity index (χ0) is 18.4. The number of esters is 1. The maximum Gasteiger partial charge on any atom is 0.325 e. The molecule has 1 heterocycles. The first-order valence-corrected chi connectivity index (χ1v) is 8.55. The molecule has 1 aliphatic heterocycles. The van der Waals surface area contributed by atoms with E-state index in [-0.39, 0.29) is 18.3 Å². The van der Waals surface area contributed by atoms with Crippen molar-refractivity contribution in [1.82, 2.24) is 10.2 Å². The van der Waals surface area contributed by atoms with Crippen molar-refractivity contribution in [2.24, 2.45) is 0 Å². The van der Waals surface area contributed by atoms with Gasteiger partial charge in [0.1, 0.15) is 5.75 Å². The summed E-state index contributed by atoms with van der Waals surface area (Å²) in [6.45, 7) is 2.90. The van der Waals surface area contributed by atoms with Gasteiger partial charge in [-0.15, -0.1) is 0 Å². The number of nitro groups is 1. The molecule has 1 atom stereocenters. The molecule has 0 bridgehead atoms. The Balaban J connectivity index is 1.40. The van der Waals surface area contributed by atoms with Crippen LogP contribution in [0.2, 0.25) is 0 Å². The van der Waals surface area contributed by atoms with Gasteiger partial charge < -0.3 is 10.1 Å². The Morgan fingerprint density at radius 2 is 1.92 bits per heavy atom. The molecule has 0 saturated carbocycles. The van der Waals surface area contributed by atoms with Crippen molar-refractivity contribution in [1.29, 1.82) is 0 Å². The predicted octanol–water partition coefficient (Wildman–Crippen LogP) is 2.36. The number of carbonyl (C=O) groups excluding carboxylic acids is 1. The van der Waals surface area contributed by atoms with Gasteiger partial charge >= 0.3 is 5.97 Å². The van der Waals surface area contributed by atoms with Crippen molar-refractivity contribution >= 4 is 11.7 Å². The molecule has 2 aromatic carbocycles. The molecule has 0 radical (unpaired) electrons. The van der Waals surface area contributed by atoms with Gasteiger partial charge in [-0.1, -0.05) is 30.3 Å². The van der Waals surface area contributed by atoms with Crippen molar-refractivity contribution in [3.05, 3.63) is 70.3 Å². The van der Waals surface area contributed by atoms with E-state index in [1.54, 1.807) is 0 Å². The normalized spacial score (nSPS) is 17.2. The molecule has 0 spiro atoms. The molecule has 3 rings (SSSR count). The molecule has 1 fully saturated rings. The number of nitro benzene ring substituents is 1. The van der Waals surface area contributed by atoms with Gasteiger partial charge in [-0.05, 0) is 24.1 Å². The third-order valence-electron chi connectivity index (χ3n) is 4.34. The molecule has 2 aromatic rings. The molecule has 7 heteroatoms. The van der Waals surface area contributed by atoms with Gasteiger partial charge in [-0.3, -0.25) is 19.8 Å². The summed E-state index contributed by atoms with van der Waals surface area (Å²) in [6, 6.07) is 16.0. The van der Waals surface area contributed by atoms with Crippen LogP contribution in [0.3, 0.4) is 0 Å². The predicted molar refractivity (Wildman–Crippen MR) is 96.9 cm³/mol. The third-order valence-corrected chi connectivity index (χ3v) is 4.34. The van der Waals surface area contributed by atoms with E-state index >= 15 is 0 Å². The fourth-order valence-corrected chi connectivity index (χ4v) is 3.02. The summed E-state index contributed by atoms with van der Waals surface area (Å²) in [5, 5.41) is 13.8.